The van der Waals surface area contributed by atoms with E-state index in [1.807, 2.05) is 0 Å². The predicted molar refractivity (Wildman–Crippen MR) is 88.3 cm³/mol. The van der Waals surface area contributed by atoms with Gasteiger partial charge < -0.3 is 5.32 Å². The van der Waals surface area contributed by atoms with Gasteiger partial charge in [-0.3, -0.25) is 0 Å². The minimum atomic E-state index is 0.484. The van der Waals surface area contributed by atoms with Crippen LogP contribution in [0.2, 0.25) is 0 Å². The van der Waals surface area contributed by atoms with E-state index < -0.39 is 0 Å². The second-order valence-electron chi connectivity index (χ2n) is 6.47. The van der Waals surface area contributed by atoms with E-state index in [0.717, 1.165) is 0 Å². The lowest BCUT2D eigenvalue weighted by Gasteiger charge is -2.10. The summed E-state index contributed by atoms with van der Waals surface area (Å²) in [6.07, 6.45) is 11.9. The lowest BCUT2D eigenvalue weighted by molar-refractivity contribution is 0.554. The van der Waals surface area contributed by atoms with Gasteiger partial charge in [0.25, 0.3) is 0 Å². The molecule has 20 heavy (non-hydrogen) atoms. The Hall–Kier alpha value is -0.820. The SMILES string of the molecule is CCCCCCCc1ccc(CCC2(CC)CN2)cc1. The van der Waals surface area contributed by atoms with Gasteiger partial charge in [0.2, 0.25) is 0 Å². The van der Waals surface area contributed by atoms with Gasteiger partial charge in [-0.05, 0) is 43.2 Å². The highest BCUT2D eigenvalue weighted by atomic mass is 15.2. The van der Waals surface area contributed by atoms with Gasteiger partial charge in [0.15, 0.2) is 0 Å². The Labute approximate surface area is 125 Å². The minimum Gasteiger partial charge on any atom is -0.308 e. The van der Waals surface area contributed by atoms with Crippen LogP contribution < -0.4 is 5.32 Å². The molecule has 1 aromatic carbocycles. The average Bonchev–Trinajstić information content (AvgIpc) is 3.27. The van der Waals surface area contributed by atoms with Crippen molar-refractivity contribution in [3.63, 3.8) is 0 Å². The standard InChI is InChI=1S/C19H31N/c1-3-5-6-7-8-9-17-10-12-18(13-11-17)14-15-19(4-2)16-20-19/h10-13,20H,3-9,14-16H2,1-2H3. The molecule has 0 saturated carbocycles. The first-order valence-electron chi connectivity index (χ1n) is 8.61. The average molecular weight is 273 g/mol. The van der Waals surface area contributed by atoms with E-state index in [1.54, 1.807) is 0 Å². The normalized spacial score (nSPS) is 21.1. The zero-order chi connectivity index (χ0) is 14.3. The summed E-state index contributed by atoms with van der Waals surface area (Å²) in [5.41, 5.74) is 3.50. The molecule has 1 aliphatic heterocycles. The van der Waals surface area contributed by atoms with Crippen LogP contribution in [-0.2, 0) is 12.8 Å². The molecule has 1 unspecified atom stereocenters. The van der Waals surface area contributed by atoms with Crippen LogP contribution in [0.1, 0.15) is 69.9 Å². The van der Waals surface area contributed by atoms with Crippen LogP contribution in [-0.4, -0.2) is 12.1 Å². The van der Waals surface area contributed by atoms with Gasteiger partial charge in [-0.1, -0.05) is 63.8 Å². The van der Waals surface area contributed by atoms with E-state index in [0.29, 0.717) is 5.54 Å². The zero-order valence-electron chi connectivity index (χ0n) is 13.4. The molecule has 1 fully saturated rings. The van der Waals surface area contributed by atoms with Crippen LogP contribution in [0.4, 0.5) is 0 Å². The van der Waals surface area contributed by atoms with Crippen LogP contribution in [0.3, 0.4) is 0 Å². The molecule has 1 saturated heterocycles. The van der Waals surface area contributed by atoms with Crippen molar-refractivity contribution in [2.45, 2.75) is 77.2 Å². The molecule has 1 aromatic rings. The van der Waals surface area contributed by atoms with Gasteiger partial charge in [-0.2, -0.15) is 0 Å². The van der Waals surface area contributed by atoms with Crippen molar-refractivity contribution in [3.8, 4) is 0 Å². The summed E-state index contributed by atoms with van der Waals surface area (Å²) in [5, 5.41) is 3.52. The molecule has 112 valence electrons. The number of benzene rings is 1. The Balaban J connectivity index is 1.67. The maximum Gasteiger partial charge on any atom is 0.0307 e. The molecule has 2 rings (SSSR count). The van der Waals surface area contributed by atoms with E-state index in [9.17, 15) is 0 Å². The largest absolute Gasteiger partial charge is 0.308 e. The van der Waals surface area contributed by atoms with Gasteiger partial charge in [0.1, 0.15) is 0 Å². The van der Waals surface area contributed by atoms with Crippen molar-refractivity contribution in [2.75, 3.05) is 6.54 Å². The van der Waals surface area contributed by atoms with Crippen LogP contribution in [0.15, 0.2) is 24.3 Å². The lowest BCUT2D eigenvalue weighted by atomic mass is 9.96. The summed E-state index contributed by atoms with van der Waals surface area (Å²) in [5.74, 6) is 0. The van der Waals surface area contributed by atoms with E-state index >= 15 is 0 Å². The second-order valence-corrected chi connectivity index (χ2v) is 6.47. The maximum atomic E-state index is 3.52. The number of unbranched alkanes of at least 4 members (excludes halogenated alkanes) is 4. The van der Waals surface area contributed by atoms with Crippen molar-refractivity contribution in [3.05, 3.63) is 35.4 Å². The summed E-state index contributed by atoms with van der Waals surface area (Å²) in [6.45, 7) is 5.79. The van der Waals surface area contributed by atoms with Crippen molar-refractivity contribution >= 4 is 0 Å². The molecule has 0 aliphatic carbocycles. The molecule has 0 radical (unpaired) electrons. The topological polar surface area (TPSA) is 21.9 Å². The highest BCUT2D eigenvalue weighted by Gasteiger charge is 2.38. The van der Waals surface area contributed by atoms with Crippen LogP contribution in [0, 0.1) is 0 Å². The second kappa shape index (κ2) is 7.83. The molecule has 0 amide bonds. The third kappa shape index (κ3) is 4.94. The first kappa shape index (κ1) is 15.6. The number of aryl methyl sites for hydroxylation is 2. The maximum absolute atomic E-state index is 3.52. The molecule has 1 atom stereocenters. The quantitative estimate of drug-likeness (QED) is 0.476. The van der Waals surface area contributed by atoms with Crippen LogP contribution in [0.5, 0.6) is 0 Å². The van der Waals surface area contributed by atoms with Crippen molar-refractivity contribution < 1.29 is 0 Å². The smallest absolute Gasteiger partial charge is 0.0307 e. The summed E-state index contributed by atoms with van der Waals surface area (Å²) < 4.78 is 0. The molecular formula is C19H31N. The predicted octanol–water partition coefficient (Wildman–Crippen LogP) is 4.88. The van der Waals surface area contributed by atoms with E-state index in [-0.39, 0.29) is 0 Å². The zero-order valence-corrected chi connectivity index (χ0v) is 13.4. The first-order chi connectivity index (χ1) is 9.78. The van der Waals surface area contributed by atoms with Gasteiger partial charge in [-0.25, -0.2) is 0 Å². The first-order valence-corrected chi connectivity index (χ1v) is 8.61. The molecule has 1 nitrogen and oxygen atoms in total. The van der Waals surface area contributed by atoms with Gasteiger partial charge >= 0.3 is 0 Å². The number of rotatable bonds is 10. The Morgan fingerprint density at radius 2 is 1.50 bits per heavy atom. The van der Waals surface area contributed by atoms with Crippen molar-refractivity contribution in [2.24, 2.45) is 0 Å². The molecule has 0 bridgehead atoms. The van der Waals surface area contributed by atoms with Gasteiger partial charge in [0, 0.05) is 12.1 Å². The molecule has 0 aromatic heterocycles. The number of hydrogen-bond acceptors (Lipinski definition) is 1. The molecule has 1 aliphatic rings. The third-order valence-electron chi connectivity index (χ3n) is 4.84. The third-order valence-corrected chi connectivity index (χ3v) is 4.84. The Morgan fingerprint density at radius 3 is 2.05 bits per heavy atom. The molecule has 0 spiro atoms. The lowest BCUT2D eigenvalue weighted by Crippen LogP contribution is -2.14. The fourth-order valence-electron chi connectivity index (χ4n) is 2.92. The van der Waals surface area contributed by atoms with E-state index in [4.69, 9.17) is 0 Å². The fourth-order valence-corrected chi connectivity index (χ4v) is 2.92. The van der Waals surface area contributed by atoms with Crippen LogP contribution in [0.25, 0.3) is 0 Å². The summed E-state index contributed by atoms with van der Waals surface area (Å²) in [6, 6.07) is 9.36. The monoisotopic (exact) mass is 273 g/mol. The summed E-state index contributed by atoms with van der Waals surface area (Å²) in [4.78, 5) is 0. The van der Waals surface area contributed by atoms with Gasteiger partial charge in [0.05, 0.1) is 0 Å². The van der Waals surface area contributed by atoms with Gasteiger partial charge in [-0.15, -0.1) is 0 Å². The minimum absolute atomic E-state index is 0.484. The Kier molecular flexibility index (Phi) is 6.09. The van der Waals surface area contributed by atoms with E-state index in [2.05, 4.69) is 43.4 Å². The molecular weight excluding hydrogens is 242 g/mol. The number of nitrogens with one attached hydrogen (secondary N) is 1. The van der Waals surface area contributed by atoms with E-state index in [1.165, 1.54) is 75.5 Å². The summed E-state index contributed by atoms with van der Waals surface area (Å²) in [7, 11) is 0. The Morgan fingerprint density at radius 1 is 0.900 bits per heavy atom. The van der Waals surface area contributed by atoms with Crippen LogP contribution >= 0.6 is 0 Å². The molecule has 1 heterocycles. The van der Waals surface area contributed by atoms with Crippen molar-refractivity contribution in [1.82, 2.24) is 5.32 Å². The summed E-state index contributed by atoms with van der Waals surface area (Å²) >= 11 is 0. The van der Waals surface area contributed by atoms with Crippen molar-refractivity contribution in [1.29, 1.82) is 0 Å². The highest BCUT2D eigenvalue weighted by Crippen LogP contribution is 2.27. The highest BCUT2D eigenvalue weighted by molar-refractivity contribution is 5.23. The molecule has 1 N–H and O–H groups in total. The fraction of sp³-hybridized carbons (Fsp3) is 0.684. The molecule has 1 heteroatoms. The number of hydrogen-bond donors (Lipinski definition) is 1. The Bertz CT molecular complexity index is 375.